The number of esters is 1. The number of ether oxygens (including phenoxy) is 1. The Hall–Kier alpha value is -2.03. The standard InChI is InChI=1S/C58H109N2O7P/c1-7-10-13-16-19-22-25-28-29-30-31-33-35-38-41-44-47-50-57(61)59-55(54-66-68(63,64)65-53-52-60(4,5)6)56(49-46-43-40-37-34-27-24-21-18-15-12-9-3)67-58(62)51-48-45-42-39-36-32-26-23-20-17-14-11-8-2/h19,22,28-29,32,36,46,49,55-56H,7-18,20-21,23-27,30-31,33-35,37-45,47-48,50-54H2,1-6H3,(H-,59,61,63,64)/b22-19-,29-28-,36-32-,49-46-. The molecule has 1 amide bonds. The molecule has 398 valence electrons. The minimum atomic E-state index is -4.70. The van der Waals surface area contributed by atoms with E-state index in [1.807, 2.05) is 33.3 Å². The topological polar surface area (TPSA) is 114 Å². The Morgan fingerprint density at radius 2 is 0.897 bits per heavy atom. The van der Waals surface area contributed by atoms with E-state index in [2.05, 4.69) is 62.5 Å². The van der Waals surface area contributed by atoms with Crippen LogP contribution in [0.15, 0.2) is 48.6 Å². The van der Waals surface area contributed by atoms with Gasteiger partial charge in [-0.15, -0.1) is 0 Å². The third-order valence-electron chi connectivity index (χ3n) is 12.5. The summed E-state index contributed by atoms with van der Waals surface area (Å²) in [5.41, 5.74) is 0. The van der Waals surface area contributed by atoms with Crippen molar-refractivity contribution in [3.05, 3.63) is 48.6 Å². The Balaban J connectivity index is 5.38. The van der Waals surface area contributed by atoms with Gasteiger partial charge in [0.05, 0.1) is 33.8 Å². The lowest BCUT2D eigenvalue weighted by Crippen LogP contribution is -2.47. The average Bonchev–Trinajstić information content (AvgIpc) is 3.29. The molecule has 0 rings (SSSR count). The van der Waals surface area contributed by atoms with Crippen molar-refractivity contribution in [2.75, 3.05) is 40.9 Å². The summed E-state index contributed by atoms with van der Waals surface area (Å²) in [6, 6.07) is -0.896. The first-order chi connectivity index (χ1) is 32.9. The molecule has 0 saturated carbocycles. The largest absolute Gasteiger partial charge is 0.756 e. The fraction of sp³-hybridized carbons (Fsp3) is 0.828. The number of phosphoric ester groups is 1. The number of hydrogen-bond acceptors (Lipinski definition) is 7. The summed E-state index contributed by atoms with van der Waals surface area (Å²) in [5.74, 6) is -0.566. The zero-order chi connectivity index (χ0) is 50.1. The molecule has 0 aliphatic heterocycles. The smallest absolute Gasteiger partial charge is 0.306 e. The Morgan fingerprint density at radius 1 is 0.515 bits per heavy atom. The molecule has 0 radical (unpaired) electrons. The first-order valence-electron chi connectivity index (χ1n) is 28.4. The number of likely N-dealkylation sites (N-methyl/N-ethyl adjacent to an activating group) is 1. The summed E-state index contributed by atoms with van der Waals surface area (Å²) in [5, 5.41) is 3.01. The van der Waals surface area contributed by atoms with Crippen molar-refractivity contribution >= 4 is 19.7 Å². The molecule has 0 aromatic heterocycles. The van der Waals surface area contributed by atoms with E-state index in [9.17, 15) is 19.0 Å². The molecule has 0 saturated heterocycles. The number of carbonyl (C=O) groups is 2. The lowest BCUT2D eigenvalue weighted by Gasteiger charge is -2.30. The highest BCUT2D eigenvalue weighted by atomic mass is 31.2. The molecule has 0 aromatic carbocycles. The minimum Gasteiger partial charge on any atom is -0.756 e. The summed E-state index contributed by atoms with van der Waals surface area (Å²) >= 11 is 0. The Morgan fingerprint density at radius 3 is 1.38 bits per heavy atom. The Bertz CT molecular complexity index is 1310. The highest BCUT2D eigenvalue weighted by Gasteiger charge is 2.27. The van der Waals surface area contributed by atoms with Crippen LogP contribution in [0.5, 0.6) is 0 Å². The molecule has 0 aliphatic carbocycles. The van der Waals surface area contributed by atoms with E-state index >= 15 is 0 Å². The fourth-order valence-electron chi connectivity index (χ4n) is 8.02. The zero-order valence-electron chi connectivity index (χ0n) is 45.3. The summed E-state index contributed by atoms with van der Waals surface area (Å²) in [6.07, 6.45) is 57.8. The van der Waals surface area contributed by atoms with Gasteiger partial charge in [0.1, 0.15) is 19.3 Å². The van der Waals surface area contributed by atoms with E-state index in [-0.39, 0.29) is 24.9 Å². The molecular weight excluding hydrogens is 868 g/mol. The number of rotatable bonds is 51. The number of amides is 1. The first kappa shape index (κ1) is 66.0. The van der Waals surface area contributed by atoms with Gasteiger partial charge in [-0.05, 0) is 89.5 Å². The average molecular weight is 977 g/mol. The van der Waals surface area contributed by atoms with Crippen LogP contribution in [0, 0.1) is 0 Å². The van der Waals surface area contributed by atoms with Gasteiger partial charge in [0.15, 0.2) is 0 Å². The molecule has 10 heteroatoms. The number of phosphoric acid groups is 1. The van der Waals surface area contributed by atoms with Crippen molar-refractivity contribution in [3.8, 4) is 0 Å². The van der Waals surface area contributed by atoms with Crippen LogP contribution in [-0.2, 0) is 27.9 Å². The van der Waals surface area contributed by atoms with Crippen molar-refractivity contribution in [3.63, 3.8) is 0 Å². The van der Waals surface area contributed by atoms with Gasteiger partial charge in [0.25, 0.3) is 7.82 Å². The van der Waals surface area contributed by atoms with Crippen molar-refractivity contribution in [1.82, 2.24) is 5.32 Å². The van der Waals surface area contributed by atoms with E-state index in [1.165, 1.54) is 135 Å². The van der Waals surface area contributed by atoms with Gasteiger partial charge < -0.3 is 28.5 Å². The van der Waals surface area contributed by atoms with Gasteiger partial charge in [-0.2, -0.15) is 0 Å². The Kier molecular flexibility index (Phi) is 47.1. The highest BCUT2D eigenvalue weighted by molar-refractivity contribution is 7.45. The molecule has 0 aliphatic rings. The molecule has 9 nitrogen and oxygen atoms in total. The second kappa shape index (κ2) is 48.6. The summed E-state index contributed by atoms with van der Waals surface area (Å²) in [4.78, 5) is 39.8. The van der Waals surface area contributed by atoms with Gasteiger partial charge in [0, 0.05) is 12.8 Å². The monoisotopic (exact) mass is 977 g/mol. The summed E-state index contributed by atoms with van der Waals surface area (Å²) in [7, 11) is 1.17. The maximum atomic E-state index is 13.5. The predicted octanol–water partition coefficient (Wildman–Crippen LogP) is 16.3. The molecule has 0 aromatic rings. The van der Waals surface area contributed by atoms with Gasteiger partial charge >= 0.3 is 5.97 Å². The van der Waals surface area contributed by atoms with Crippen molar-refractivity contribution in [2.45, 2.75) is 270 Å². The van der Waals surface area contributed by atoms with E-state index in [0.717, 1.165) is 83.5 Å². The van der Waals surface area contributed by atoms with E-state index in [4.69, 9.17) is 13.8 Å². The van der Waals surface area contributed by atoms with Crippen LogP contribution in [0.25, 0.3) is 0 Å². The van der Waals surface area contributed by atoms with Crippen molar-refractivity contribution in [2.24, 2.45) is 0 Å². The highest BCUT2D eigenvalue weighted by Crippen LogP contribution is 2.38. The predicted molar refractivity (Wildman–Crippen MR) is 289 cm³/mol. The molecule has 0 spiro atoms. The van der Waals surface area contributed by atoms with Crippen LogP contribution >= 0.6 is 7.82 Å². The first-order valence-corrected chi connectivity index (χ1v) is 29.9. The van der Waals surface area contributed by atoms with Crippen LogP contribution in [0.1, 0.15) is 258 Å². The number of nitrogens with zero attached hydrogens (tertiary/aromatic N) is 1. The minimum absolute atomic E-state index is 0.0262. The second-order valence-corrected chi connectivity index (χ2v) is 21.8. The van der Waals surface area contributed by atoms with Crippen LogP contribution in [0.2, 0.25) is 0 Å². The van der Waals surface area contributed by atoms with E-state index in [0.29, 0.717) is 23.9 Å². The maximum absolute atomic E-state index is 13.5. The third-order valence-corrected chi connectivity index (χ3v) is 13.4. The molecule has 3 atom stereocenters. The van der Waals surface area contributed by atoms with Crippen LogP contribution in [0.3, 0.4) is 0 Å². The summed E-state index contributed by atoms with van der Waals surface area (Å²) in [6.45, 7) is 6.79. The molecule has 68 heavy (non-hydrogen) atoms. The number of carbonyl (C=O) groups excluding carboxylic acids is 2. The second-order valence-electron chi connectivity index (χ2n) is 20.4. The number of allylic oxidation sites excluding steroid dienone is 7. The van der Waals surface area contributed by atoms with Gasteiger partial charge in [0.2, 0.25) is 5.91 Å². The van der Waals surface area contributed by atoms with Crippen molar-refractivity contribution in [1.29, 1.82) is 0 Å². The van der Waals surface area contributed by atoms with E-state index < -0.39 is 26.6 Å². The maximum Gasteiger partial charge on any atom is 0.306 e. The molecule has 1 N–H and O–H groups in total. The number of quaternary nitrogens is 1. The summed E-state index contributed by atoms with van der Waals surface area (Å²) < 4.78 is 30.2. The molecule has 0 fully saturated rings. The molecule has 0 heterocycles. The lowest BCUT2D eigenvalue weighted by molar-refractivity contribution is -0.870. The zero-order valence-corrected chi connectivity index (χ0v) is 46.2. The van der Waals surface area contributed by atoms with Crippen LogP contribution < -0.4 is 10.2 Å². The van der Waals surface area contributed by atoms with Gasteiger partial charge in [-0.25, -0.2) is 0 Å². The molecular formula is C58H109N2O7P. The normalized spacial score (nSPS) is 14.2. The number of nitrogens with one attached hydrogen (secondary N) is 1. The van der Waals surface area contributed by atoms with Crippen molar-refractivity contribution < 1.29 is 37.3 Å². The third kappa shape index (κ3) is 49.0. The quantitative estimate of drug-likeness (QED) is 0.0212. The number of hydrogen-bond donors (Lipinski definition) is 1. The number of unbranched alkanes of at least 4 members (excludes halogenated alkanes) is 29. The van der Waals surface area contributed by atoms with Crippen LogP contribution in [-0.4, -0.2) is 69.4 Å². The SMILES string of the molecule is CCCCC/C=C\C/C=C\CCCCCCCCCC(=O)NC(COP(=O)([O-])OCC[N+](C)(C)C)C(/C=C\CCCCCCCCCCCC)OC(=O)CCCCC/C=C\CCCCCCCC. The van der Waals surface area contributed by atoms with E-state index in [1.54, 1.807) is 0 Å². The fourth-order valence-corrected chi connectivity index (χ4v) is 8.74. The van der Waals surface area contributed by atoms with Crippen LogP contribution in [0.4, 0.5) is 0 Å². The molecule has 3 unspecified atom stereocenters. The Labute approximate surface area is 420 Å². The van der Waals surface area contributed by atoms with Gasteiger partial charge in [-0.3, -0.25) is 14.2 Å². The van der Waals surface area contributed by atoms with Gasteiger partial charge in [-0.1, -0.05) is 205 Å². The molecule has 0 bridgehead atoms. The lowest BCUT2D eigenvalue weighted by atomic mass is 10.0.